The number of benzene rings is 2. The zero-order chi connectivity index (χ0) is 22.1. The van der Waals surface area contributed by atoms with Gasteiger partial charge in [-0.25, -0.2) is 9.07 Å². The first-order chi connectivity index (χ1) is 14.9. The van der Waals surface area contributed by atoms with Crippen molar-refractivity contribution in [3.63, 3.8) is 0 Å². The molecule has 2 aromatic carbocycles. The van der Waals surface area contributed by atoms with E-state index in [2.05, 4.69) is 5.10 Å². The molecule has 1 amide bonds. The number of aromatic nitrogens is 2. The summed E-state index contributed by atoms with van der Waals surface area (Å²) in [6, 6.07) is 11.2. The average Bonchev–Trinajstić information content (AvgIpc) is 3.17. The molecule has 1 aliphatic heterocycles. The largest absolute Gasteiger partial charge is 0.490 e. The average molecular weight is 439 g/mol. The normalized spacial score (nSPS) is 13.1. The van der Waals surface area contributed by atoms with Crippen molar-refractivity contribution in [2.24, 2.45) is 0 Å². The van der Waals surface area contributed by atoms with Crippen LogP contribution in [0.1, 0.15) is 41.0 Å². The summed E-state index contributed by atoms with van der Waals surface area (Å²) in [5, 5.41) is 14.0. The molecule has 0 fully saturated rings. The molecule has 4 rings (SSSR count). The van der Waals surface area contributed by atoms with Crippen molar-refractivity contribution in [2.45, 2.75) is 32.9 Å². The third kappa shape index (κ3) is 4.12. The molecule has 0 atom stereocenters. The summed E-state index contributed by atoms with van der Waals surface area (Å²) in [4.78, 5) is 15.1. The summed E-state index contributed by atoms with van der Waals surface area (Å²) >= 11 is 6.41. The molecule has 0 spiro atoms. The second kappa shape index (κ2) is 8.40. The summed E-state index contributed by atoms with van der Waals surface area (Å²) in [5.74, 6) is -0.247. The van der Waals surface area contributed by atoms with Crippen LogP contribution in [0.25, 0.3) is 5.69 Å². The topological polar surface area (TPSA) is 71.2 Å². The van der Waals surface area contributed by atoms with E-state index in [4.69, 9.17) is 16.3 Å². The van der Waals surface area contributed by atoms with Gasteiger partial charge in [-0.1, -0.05) is 11.6 Å². The SMILES string of the molecule is CC(C)Oc1ccc(C#N)c(Cl)c1C(=O)N1CCc2nn(-c3ccc(F)cc3)cc2C1. The van der Waals surface area contributed by atoms with Crippen LogP contribution in [0.5, 0.6) is 5.75 Å². The summed E-state index contributed by atoms with van der Waals surface area (Å²) in [6.45, 7) is 4.53. The standard InChI is InChI=1S/C23H20ClFN4O2/c1-14(2)31-20-8-3-15(11-26)22(24)21(20)23(30)28-10-9-19-16(12-28)13-29(27-19)18-6-4-17(25)5-7-18/h3-8,13-14H,9-10,12H2,1-2H3. The second-order valence-electron chi connectivity index (χ2n) is 7.58. The highest BCUT2D eigenvalue weighted by atomic mass is 35.5. The van der Waals surface area contributed by atoms with E-state index >= 15 is 0 Å². The first kappa shape index (κ1) is 20.9. The van der Waals surface area contributed by atoms with Gasteiger partial charge in [0.15, 0.2) is 0 Å². The minimum absolute atomic E-state index is 0.0958. The van der Waals surface area contributed by atoms with Gasteiger partial charge in [-0.3, -0.25) is 4.79 Å². The van der Waals surface area contributed by atoms with E-state index < -0.39 is 0 Å². The second-order valence-corrected chi connectivity index (χ2v) is 7.96. The Labute approximate surface area is 184 Å². The lowest BCUT2D eigenvalue weighted by Gasteiger charge is -2.27. The van der Waals surface area contributed by atoms with Crippen LogP contribution >= 0.6 is 11.6 Å². The molecule has 8 heteroatoms. The van der Waals surface area contributed by atoms with Gasteiger partial charge >= 0.3 is 0 Å². The van der Waals surface area contributed by atoms with Crippen LogP contribution in [0, 0.1) is 17.1 Å². The molecule has 0 saturated heterocycles. The predicted octanol–water partition coefficient (Wildman–Crippen LogP) is 4.52. The molecule has 0 N–H and O–H groups in total. The number of nitriles is 1. The Morgan fingerprint density at radius 2 is 2.00 bits per heavy atom. The summed E-state index contributed by atoms with van der Waals surface area (Å²) in [6.07, 6.45) is 2.27. The highest BCUT2D eigenvalue weighted by Crippen LogP contribution is 2.33. The van der Waals surface area contributed by atoms with Gasteiger partial charge in [-0.15, -0.1) is 0 Å². The molecule has 0 aliphatic carbocycles. The van der Waals surface area contributed by atoms with Crippen LogP contribution < -0.4 is 4.74 Å². The fourth-order valence-corrected chi connectivity index (χ4v) is 3.85. The van der Waals surface area contributed by atoms with Crippen LogP contribution in [0.15, 0.2) is 42.6 Å². The van der Waals surface area contributed by atoms with E-state index in [0.717, 1.165) is 16.9 Å². The van der Waals surface area contributed by atoms with Gasteiger partial charge < -0.3 is 9.64 Å². The minimum atomic E-state index is -0.312. The number of rotatable bonds is 4. The quantitative estimate of drug-likeness (QED) is 0.600. The Bertz CT molecular complexity index is 1180. The van der Waals surface area contributed by atoms with Crippen LogP contribution in [-0.4, -0.2) is 33.2 Å². The first-order valence-corrected chi connectivity index (χ1v) is 10.3. The molecule has 0 bridgehead atoms. The highest BCUT2D eigenvalue weighted by molar-refractivity contribution is 6.35. The lowest BCUT2D eigenvalue weighted by atomic mass is 10.0. The van der Waals surface area contributed by atoms with Crippen LogP contribution in [0.2, 0.25) is 5.02 Å². The number of halogens is 2. The lowest BCUT2D eigenvalue weighted by molar-refractivity contribution is 0.0728. The summed E-state index contributed by atoms with van der Waals surface area (Å²) < 4.78 is 20.7. The van der Waals surface area contributed by atoms with Crippen molar-refractivity contribution in [3.8, 4) is 17.5 Å². The molecule has 1 aromatic heterocycles. The Morgan fingerprint density at radius 3 is 2.68 bits per heavy atom. The van der Waals surface area contributed by atoms with Crippen molar-refractivity contribution in [3.05, 3.63) is 75.8 Å². The number of hydrogen-bond donors (Lipinski definition) is 0. The number of fused-ring (bicyclic) bond motifs is 1. The highest BCUT2D eigenvalue weighted by Gasteiger charge is 2.29. The van der Waals surface area contributed by atoms with E-state index in [1.807, 2.05) is 26.1 Å². The minimum Gasteiger partial charge on any atom is -0.490 e. The van der Waals surface area contributed by atoms with Gasteiger partial charge in [0.05, 0.1) is 28.1 Å². The Balaban J connectivity index is 1.64. The monoisotopic (exact) mass is 438 g/mol. The third-order valence-corrected chi connectivity index (χ3v) is 5.43. The first-order valence-electron chi connectivity index (χ1n) is 9.89. The fourth-order valence-electron chi connectivity index (χ4n) is 3.57. The van der Waals surface area contributed by atoms with Gasteiger partial charge in [-0.2, -0.15) is 10.4 Å². The van der Waals surface area contributed by atoms with E-state index in [-0.39, 0.29) is 34.0 Å². The van der Waals surface area contributed by atoms with Gasteiger partial charge in [0.2, 0.25) is 0 Å². The molecular weight excluding hydrogens is 419 g/mol. The lowest BCUT2D eigenvalue weighted by Crippen LogP contribution is -2.36. The third-order valence-electron chi connectivity index (χ3n) is 5.04. The van der Waals surface area contributed by atoms with E-state index in [1.165, 1.54) is 12.1 Å². The van der Waals surface area contributed by atoms with Crippen molar-refractivity contribution >= 4 is 17.5 Å². The molecule has 0 saturated carbocycles. The number of carbonyl (C=O) groups excluding carboxylic acids is 1. The van der Waals surface area contributed by atoms with Gasteiger partial charge in [0.1, 0.15) is 23.2 Å². The fraction of sp³-hybridized carbons (Fsp3) is 0.261. The molecule has 6 nitrogen and oxygen atoms in total. The van der Waals surface area contributed by atoms with E-state index in [9.17, 15) is 14.4 Å². The molecule has 0 unspecified atom stereocenters. The van der Waals surface area contributed by atoms with Crippen molar-refractivity contribution in [1.29, 1.82) is 5.26 Å². The maximum absolute atomic E-state index is 13.4. The number of amides is 1. The van der Waals surface area contributed by atoms with Crippen molar-refractivity contribution in [1.82, 2.24) is 14.7 Å². The molecule has 31 heavy (non-hydrogen) atoms. The number of hydrogen-bond acceptors (Lipinski definition) is 4. The van der Waals surface area contributed by atoms with Gasteiger partial charge in [0.25, 0.3) is 5.91 Å². The van der Waals surface area contributed by atoms with E-state index in [1.54, 1.807) is 33.8 Å². The molecule has 158 valence electrons. The number of carbonyl (C=O) groups is 1. The Hall–Kier alpha value is -3.37. The molecule has 1 aliphatic rings. The van der Waals surface area contributed by atoms with Gasteiger partial charge in [-0.05, 0) is 50.2 Å². The summed E-state index contributed by atoms with van der Waals surface area (Å²) in [7, 11) is 0. The molecule has 2 heterocycles. The maximum Gasteiger partial charge on any atom is 0.259 e. The molecule has 3 aromatic rings. The Morgan fingerprint density at radius 1 is 1.26 bits per heavy atom. The zero-order valence-electron chi connectivity index (χ0n) is 17.1. The predicted molar refractivity (Wildman–Crippen MR) is 114 cm³/mol. The van der Waals surface area contributed by atoms with E-state index in [0.29, 0.717) is 25.3 Å². The molecular formula is C23H20ClFN4O2. The maximum atomic E-state index is 13.4. The number of ether oxygens (including phenoxy) is 1. The smallest absolute Gasteiger partial charge is 0.259 e. The van der Waals surface area contributed by atoms with Gasteiger partial charge in [0, 0.05) is 31.3 Å². The molecule has 0 radical (unpaired) electrons. The van der Waals surface area contributed by atoms with Crippen LogP contribution in [0.4, 0.5) is 4.39 Å². The Kier molecular flexibility index (Phi) is 5.66. The van der Waals surface area contributed by atoms with Crippen molar-refractivity contribution in [2.75, 3.05) is 6.54 Å². The van der Waals surface area contributed by atoms with Crippen molar-refractivity contribution < 1.29 is 13.9 Å². The summed E-state index contributed by atoms with van der Waals surface area (Å²) in [5.41, 5.74) is 2.96. The van der Waals surface area contributed by atoms with Crippen LogP contribution in [-0.2, 0) is 13.0 Å². The number of nitrogens with zero attached hydrogens (tertiary/aromatic N) is 4. The zero-order valence-corrected chi connectivity index (χ0v) is 17.9. The van der Waals surface area contributed by atoms with Crippen LogP contribution in [0.3, 0.4) is 0 Å².